The van der Waals surface area contributed by atoms with Gasteiger partial charge in [0.25, 0.3) is 0 Å². The van der Waals surface area contributed by atoms with Crippen molar-refractivity contribution in [3.8, 4) is 0 Å². The van der Waals surface area contributed by atoms with Crippen LogP contribution in [0, 0.1) is 5.92 Å². The highest BCUT2D eigenvalue weighted by Gasteiger charge is 2.34. The number of rotatable bonds is 2. The van der Waals surface area contributed by atoms with Crippen molar-refractivity contribution in [2.75, 3.05) is 39.8 Å². The zero-order valence-corrected chi connectivity index (χ0v) is 11.9. The monoisotopic (exact) mass is 251 g/mol. The molecule has 0 aromatic carbocycles. The predicted octanol–water partition coefficient (Wildman–Crippen LogP) is 1.54. The van der Waals surface area contributed by atoms with Crippen LogP contribution in [-0.2, 0) is 0 Å². The third kappa shape index (κ3) is 2.89. The van der Waals surface area contributed by atoms with E-state index in [2.05, 4.69) is 22.2 Å². The molecule has 104 valence electrons. The van der Waals surface area contributed by atoms with Gasteiger partial charge in [-0.05, 0) is 64.7 Å². The average Bonchev–Trinajstić information content (AvgIpc) is 2.40. The van der Waals surface area contributed by atoms with E-state index in [1.165, 1.54) is 71.2 Å². The summed E-state index contributed by atoms with van der Waals surface area (Å²) in [6.07, 6.45) is 8.47. The Morgan fingerprint density at radius 1 is 1.06 bits per heavy atom. The van der Waals surface area contributed by atoms with E-state index in [4.69, 9.17) is 0 Å². The fourth-order valence-electron chi connectivity index (χ4n) is 4.29. The van der Waals surface area contributed by atoms with Gasteiger partial charge in [-0.15, -0.1) is 0 Å². The Hall–Kier alpha value is -0.120. The lowest BCUT2D eigenvalue weighted by Gasteiger charge is -2.46. The second kappa shape index (κ2) is 5.89. The third-order valence-corrected chi connectivity index (χ3v) is 5.32. The van der Waals surface area contributed by atoms with Crippen LogP contribution in [-0.4, -0.2) is 61.7 Å². The van der Waals surface area contributed by atoms with Crippen molar-refractivity contribution in [2.24, 2.45) is 5.92 Å². The van der Waals surface area contributed by atoms with Crippen molar-refractivity contribution in [1.29, 1.82) is 0 Å². The molecule has 3 heteroatoms. The Morgan fingerprint density at radius 2 is 2.00 bits per heavy atom. The molecule has 1 N–H and O–H groups in total. The predicted molar refractivity (Wildman–Crippen MR) is 75.8 cm³/mol. The minimum atomic E-state index is 0.775. The van der Waals surface area contributed by atoms with Crippen LogP contribution in [0.3, 0.4) is 0 Å². The average molecular weight is 251 g/mol. The molecule has 3 aliphatic rings. The number of likely N-dealkylation sites (tertiary alicyclic amines) is 2. The highest BCUT2D eigenvalue weighted by atomic mass is 15.2. The largest absolute Gasteiger partial charge is 0.313 e. The van der Waals surface area contributed by atoms with Crippen LogP contribution < -0.4 is 5.32 Å². The Bertz CT molecular complexity index is 262. The molecule has 3 unspecified atom stereocenters. The molecule has 18 heavy (non-hydrogen) atoms. The van der Waals surface area contributed by atoms with Crippen molar-refractivity contribution in [3.63, 3.8) is 0 Å². The van der Waals surface area contributed by atoms with Gasteiger partial charge in [0.15, 0.2) is 0 Å². The molecule has 3 atom stereocenters. The summed E-state index contributed by atoms with van der Waals surface area (Å²) in [5.41, 5.74) is 0. The third-order valence-electron chi connectivity index (χ3n) is 5.32. The van der Waals surface area contributed by atoms with Gasteiger partial charge in [-0.2, -0.15) is 0 Å². The molecule has 0 bridgehead atoms. The minimum Gasteiger partial charge on any atom is -0.313 e. The minimum absolute atomic E-state index is 0.775. The number of hydrogen-bond donors (Lipinski definition) is 1. The summed E-state index contributed by atoms with van der Waals surface area (Å²) < 4.78 is 0. The zero-order valence-electron chi connectivity index (χ0n) is 11.9. The highest BCUT2D eigenvalue weighted by Crippen LogP contribution is 2.29. The van der Waals surface area contributed by atoms with Crippen LogP contribution in [0.5, 0.6) is 0 Å². The summed E-state index contributed by atoms with van der Waals surface area (Å²) >= 11 is 0. The van der Waals surface area contributed by atoms with E-state index < -0.39 is 0 Å². The molecule has 3 nitrogen and oxygen atoms in total. The van der Waals surface area contributed by atoms with Crippen molar-refractivity contribution in [3.05, 3.63) is 0 Å². The van der Waals surface area contributed by atoms with Gasteiger partial charge in [-0.1, -0.05) is 6.42 Å². The SMILES string of the molecule is CN1CCCC2CN(CC3CCCCN3)CCC21. The second-order valence-corrected chi connectivity index (χ2v) is 6.65. The van der Waals surface area contributed by atoms with Crippen LogP contribution >= 0.6 is 0 Å². The first-order chi connectivity index (χ1) is 8.83. The van der Waals surface area contributed by atoms with Gasteiger partial charge in [0.2, 0.25) is 0 Å². The molecule has 3 heterocycles. The molecule has 3 saturated heterocycles. The van der Waals surface area contributed by atoms with Gasteiger partial charge < -0.3 is 15.1 Å². The first kappa shape index (κ1) is 12.9. The quantitative estimate of drug-likeness (QED) is 0.803. The number of hydrogen-bond acceptors (Lipinski definition) is 3. The van der Waals surface area contributed by atoms with Crippen molar-refractivity contribution in [1.82, 2.24) is 15.1 Å². The van der Waals surface area contributed by atoms with Crippen LogP contribution in [0.25, 0.3) is 0 Å². The normalized spacial score (nSPS) is 39.5. The van der Waals surface area contributed by atoms with E-state index in [1.54, 1.807) is 0 Å². The van der Waals surface area contributed by atoms with Crippen molar-refractivity contribution < 1.29 is 0 Å². The standard InChI is InChI=1S/C15H29N3/c1-17-9-4-5-13-11-18(10-7-15(13)17)12-14-6-2-3-8-16-14/h13-16H,2-12H2,1H3. The molecule has 0 aromatic rings. The Morgan fingerprint density at radius 3 is 2.83 bits per heavy atom. The van der Waals surface area contributed by atoms with Gasteiger partial charge in [-0.25, -0.2) is 0 Å². The van der Waals surface area contributed by atoms with Gasteiger partial charge in [0.1, 0.15) is 0 Å². The molecule has 3 rings (SSSR count). The lowest BCUT2D eigenvalue weighted by Crippen LogP contribution is -2.55. The van der Waals surface area contributed by atoms with Crippen molar-refractivity contribution >= 4 is 0 Å². The molecule has 3 aliphatic heterocycles. The van der Waals surface area contributed by atoms with E-state index in [1.807, 2.05) is 0 Å². The molecule has 0 spiro atoms. The summed E-state index contributed by atoms with van der Waals surface area (Å²) in [6, 6.07) is 1.66. The molecule has 0 amide bonds. The summed E-state index contributed by atoms with van der Waals surface area (Å²) in [5.74, 6) is 0.945. The van der Waals surface area contributed by atoms with E-state index in [0.717, 1.165) is 18.0 Å². The topological polar surface area (TPSA) is 18.5 Å². The lowest BCUT2D eigenvalue weighted by atomic mass is 9.84. The number of piperidine rings is 3. The fourth-order valence-corrected chi connectivity index (χ4v) is 4.29. The number of nitrogens with zero attached hydrogens (tertiary/aromatic N) is 2. The Balaban J connectivity index is 1.50. The van der Waals surface area contributed by atoms with Crippen LogP contribution in [0.15, 0.2) is 0 Å². The van der Waals surface area contributed by atoms with E-state index in [9.17, 15) is 0 Å². The molecular weight excluding hydrogens is 222 g/mol. The van der Waals surface area contributed by atoms with Gasteiger partial charge in [0, 0.05) is 25.2 Å². The molecular formula is C15H29N3. The first-order valence-electron chi connectivity index (χ1n) is 7.99. The maximum atomic E-state index is 3.70. The summed E-state index contributed by atoms with van der Waals surface area (Å²) in [4.78, 5) is 5.35. The molecule has 3 fully saturated rings. The van der Waals surface area contributed by atoms with Crippen LogP contribution in [0.4, 0.5) is 0 Å². The van der Waals surface area contributed by atoms with Gasteiger partial charge in [-0.3, -0.25) is 0 Å². The van der Waals surface area contributed by atoms with Crippen molar-refractivity contribution in [2.45, 2.75) is 50.6 Å². The molecule has 0 radical (unpaired) electrons. The molecule has 0 saturated carbocycles. The number of fused-ring (bicyclic) bond motifs is 1. The Kier molecular flexibility index (Phi) is 4.22. The maximum absolute atomic E-state index is 3.70. The first-order valence-corrected chi connectivity index (χ1v) is 7.99. The van der Waals surface area contributed by atoms with E-state index in [0.29, 0.717) is 0 Å². The summed E-state index contributed by atoms with van der Waals surface area (Å²) in [5, 5.41) is 3.70. The zero-order chi connectivity index (χ0) is 12.4. The van der Waals surface area contributed by atoms with Gasteiger partial charge in [0.05, 0.1) is 0 Å². The number of nitrogens with one attached hydrogen (secondary N) is 1. The van der Waals surface area contributed by atoms with Crippen LogP contribution in [0.2, 0.25) is 0 Å². The van der Waals surface area contributed by atoms with E-state index >= 15 is 0 Å². The maximum Gasteiger partial charge on any atom is 0.0195 e. The van der Waals surface area contributed by atoms with Crippen LogP contribution in [0.1, 0.15) is 38.5 Å². The smallest absolute Gasteiger partial charge is 0.0195 e. The fraction of sp³-hybridized carbons (Fsp3) is 1.00. The highest BCUT2D eigenvalue weighted by molar-refractivity contribution is 4.90. The van der Waals surface area contributed by atoms with Gasteiger partial charge >= 0.3 is 0 Å². The molecule has 0 aliphatic carbocycles. The lowest BCUT2D eigenvalue weighted by molar-refractivity contribution is 0.0337. The van der Waals surface area contributed by atoms with E-state index in [-0.39, 0.29) is 0 Å². The summed E-state index contributed by atoms with van der Waals surface area (Å²) in [6.45, 7) is 6.54. The molecule has 0 aromatic heterocycles. The Labute approximate surface area is 112 Å². The summed E-state index contributed by atoms with van der Waals surface area (Å²) in [7, 11) is 2.33. The second-order valence-electron chi connectivity index (χ2n) is 6.65.